The summed E-state index contributed by atoms with van der Waals surface area (Å²) < 4.78 is 0. The molecule has 3 atom stereocenters. The predicted molar refractivity (Wildman–Crippen MR) is 50.8 cm³/mol. The van der Waals surface area contributed by atoms with E-state index in [1.54, 1.807) is 13.8 Å². The van der Waals surface area contributed by atoms with Crippen molar-refractivity contribution in [1.82, 2.24) is 4.90 Å². The van der Waals surface area contributed by atoms with Crippen LogP contribution in [0.5, 0.6) is 0 Å². The molecule has 15 heavy (non-hydrogen) atoms. The van der Waals surface area contributed by atoms with Crippen molar-refractivity contribution in [1.29, 1.82) is 0 Å². The number of carbonyl (C=O) groups is 2. The van der Waals surface area contributed by atoms with E-state index in [0.717, 1.165) is 0 Å². The van der Waals surface area contributed by atoms with Crippen molar-refractivity contribution in [3.05, 3.63) is 11.8 Å². The second-order valence-corrected chi connectivity index (χ2v) is 4.36. The summed E-state index contributed by atoms with van der Waals surface area (Å²) in [6, 6.07) is -0.198. The normalized spacial score (nSPS) is 35.7. The lowest BCUT2D eigenvalue weighted by Crippen LogP contribution is -2.57. The Hall–Kier alpha value is -1.36. The molecular formula is C10H13NO4. The second-order valence-electron chi connectivity index (χ2n) is 4.36. The highest BCUT2D eigenvalue weighted by atomic mass is 16.4. The van der Waals surface area contributed by atoms with Gasteiger partial charge in [-0.2, -0.15) is 0 Å². The van der Waals surface area contributed by atoms with Crippen molar-refractivity contribution in [3.8, 4) is 0 Å². The van der Waals surface area contributed by atoms with Crippen molar-refractivity contribution >= 4 is 11.9 Å². The summed E-state index contributed by atoms with van der Waals surface area (Å²) in [5, 5.41) is 18.6. The fraction of sp³-hybridized carbons (Fsp3) is 0.600. The van der Waals surface area contributed by atoms with E-state index in [9.17, 15) is 14.7 Å². The SMILES string of the molecule is CC(O)[C@]1(C)C=C(C(=O)O)N2C(=O)C[C@H]21. The van der Waals surface area contributed by atoms with Crippen LogP contribution in [0.25, 0.3) is 0 Å². The van der Waals surface area contributed by atoms with E-state index >= 15 is 0 Å². The number of rotatable bonds is 2. The summed E-state index contributed by atoms with van der Waals surface area (Å²) in [7, 11) is 0. The summed E-state index contributed by atoms with van der Waals surface area (Å²) in [6.45, 7) is 3.39. The molecule has 2 aliphatic rings. The zero-order valence-corrected chi connectivity index (χ0v) is 8.60. The summed E-state index contributed by atoms with van der Waals surface area (Å²) in [6.07, 6.45) is 1.14. The molecule has 2 rings (SSSR count). The number of carboxylic acids is 1. The average Bonchev–Trinajstić information content (AvgIpc) is 2.36. The Morgan fingerprint density at radius 3 is 2.67 bits per heavy atom. The van der Waals surface area contributed by atoms with E-state index in [1.807, 2.05) is 0 Å². The van der Waals surface area contributed by atoms with Gasteiger partial charge in [0.05, 0.1) is 12.1 Å². The predicted octanol–water partition coefficient (Wildman–Crippen LogP) is -0.0435. The van der Waals surface area contributed by atoms with Crippen LogP contribution in [0.4, 0.5) is 0 Å². The quantitative estimate of drug-likeness (QED) is 0.628. The number of β-lactam (4-membered cyclic amide) rings is 1. The molecule has 82 valence electrons. The van der Waals surface area contributed by atoms with Gasteiger partial charge in [0.25, 0.3) is 0 Å². The summed E-state index contributed by atoms with van der Waals surface area (Å²) in [5.74, 6) is -1.30. The highest BCUT2D eigenvalue weighted by molar-refractivity contribution is 5.98. The molecule has 5 nitrogen and oxygen atoms in total. The smallest absolute Gasteiger partial charge is 0.352 e. The number of carbonyl (C=O) groups excluding carboxylic acids is 1. The fourth-order valence-corrected chi connectivity index (χ4v) is 2.24. The molecule has 0 aromatic heterocycles. The van der Waals surface area contributed by atoms with Gasteiger partial charge in [-0.1, -0.05) is 6.92 Å². The minimum absolute atomic E-state index is 0.000324. The number of hydrogen-bond donors (Lipinski definition) is 2. The monoisotopic (exact) mass is 211 g/mol. The van der Waals surface area contributed by atoms with Crippen molar-refractivity contribution in [2.24, 2.45) is 5.41 Å². The molecule has 0 saturated carbocycles. The molecule has 1 fully saturated rings. The third kappa shape index (κ3) is 1.13. The van der Waals surface area contributed by atoms with Crippen LogP contribution in [0.1, 0.15) is 20.3 Å². The first-order valence-corrected chi connectivity index (χ1v) is 4.84. The highest BCUT2D eigenvalue weighted by Crippen LogP contribution is 2.47. The molecular weight excluding hydrogens is 198 g/mol. The van der Waals surface area contributed by atoms with Crippen molar-refractivity contribution in [3.63, 3.8) is 0 Å². The van der Waals surface area contributed by atoms with E-state index in [0.29, 0.717) is 6.42 Å². The zero-order chi connectivity index (χ0) is 11.4. The second kappa shape index (κ2) is 2.82. The van der Waals surface area contributed by atoms with E-state index in [-0.39, 0.29) is 17.6 Å². The van der Waals surface area contributed by atoms with Crippen molar-refractivity contribution in [2.75, 3.05) is 0 Å². The van der Waals surface area contributed by atoms with Crippen LogP contribution in [0.3, 0.4) is 0 Å². The van der Waals surface area contributed by atoms with Crippen molar-refractivity contribution in [2.45, 2.75) is 32.4 Å². The first-order chi connectivity index (χ1) is 6.88. The Morgan fingerprint density at radius 2 is 2.33 bits per heavy atom. The Bertz CT molecular complexity index is 374. The van der Waals surface area contributed by atoms with Gasteiger partial charge in [0.1, 0.15) is 5.70 Å². The highest BCUT2D eigenvalue weighted by Gasteiger charge is 2.56. The third-order valence-electron chi connectivity index (χ3n) is 3.49. The third-order valence-corrected chi connectivity index (χ3v) is 3.49. The molecule has 2 aliphatic heterocycles. The first kappa shape index (κ1) is 10.2. The number of amides is 1. The average molecular weight is 211 g/mol. The number of fused-ring (bicyclic) bond motifs is 1. The molecule has 1 amide bonds. The largest absolute Gasteiger partial charge is 0.477 e. The van der Waals surface area contributed by atoms with Gasteiger partial charge in [0.15, 0.2) is 0 Å². The molecule has 0 aromatic rings. The Kier molecular flexibility index (Phi) is 1.91. The maximum atomic E-state index is 11.3. The van der Waals surface area contributed by atoms with Crippen LogP contribution >= 0.6 is 0 Å². The maximum absolute atomic E-state index is 11.3. The fourth-order valence-electron chi connectivity index (χ4n) is 2.24. The topological polar surface area (TPSA) is 77.8 Å². The number of hydrogen-bond acceptors (Lipinski definition) is 3. The number of carboxylic acid groups (broad SMARTS) is 1. The van der Waals surface area contributed by atoms with Gasteiger partial charge in [-0.05, 0) is 13.0 Å². The molecule has 0 spiro atoms. The van der Waals surface area contributed by atoms with Gasteiger partial charge in [-0.25, -0.2) is 4.79 Å². The molecule has 0 radical (unpaired) electrons. The van der Waals surface area contributed by atoms with E-state index in [2.05, 4.69) is 0 Å². The summed E-state index contributed by atoms with van der Waals surface area (Å²) in [5.41, 5.74) is -0.638. The van der Waals surface area contributed by atoms with Gasteiger partial charge in [-0.3, -0.25) is 4.79 Å². The molecule has 0 aliphatic carbocycles. The number of aliphatic hydroxyl groups is 1. The Morgan fingerprint density at radius 1 is 1.73 bits per heavy atom. The molecule has 2 heterocycles. The standard InChI is InChI=1S/C10H13NO4/c1-5(12)10(2)4-6(9(14)15)11-7(10)3-8(11)13/h4-5,7,12H,3H2,1-2H3,(H,14,15)/t5?,7-,10-/m0/s1. The number of aliphatic carboxylic acids is 1. The van der Waals surface area contributed by atoms with E-state index < -0.39 is 17.5 Å². The molecule has 5 heteroatoms. The van der Waals surface area contributed by atoms with Gasteiger partial charge < -0.3 is 15.1 Å². The van der Waals surface area contributed by atoms with E-state index in [1.165, 1.54) is 11.0 Å². The van der Waals surface area contributed by atoms with Gasteiger partial charge in [-0.15, -0.1) is 0 Å². The number of aliphatic hydroxyl groups excluding tert-OH is 1. The molecule has 0 bridgehead atoms. The molecule has 2 N–H and O–H groups in total. The Balaban J connectivity index is 2.40. The minimum atomic E-state index is -1.11. The van der Waals surface area contributed by atoms with Crippen LogP contribution < -0.4 is 0 Å². The molecule has 0 aromatic carbocycles. The zero-order valence-electron chi connectivity index (χ0n) is 8.60. The van der Waals surface area contributed by atoms with Crippen LogP contribution in [0, 0.1) is 5.41 Å². The van der Waals surface area contributed by atoms with E-state index in [4.69, 9.17) is 5.11 Å². The number of nitrogens with zero attached hydrogens (tertiary/aromatic N) is 1. The van der Waals surface area contributed by atoms with Gasteiger partial charge in [0, 0.05) is 11.8 Å². The lowest BCUT2D eigenvalue weighted by molar-refractivity contribution is -0.152. The van der Waals surface area contributed by atoms with Gasteiger partial charge in [0.2, 0.25) is 5.91 Å². The van der Waals surface area contributed by atoms with Crippen molar-refractivity contribution < 1.29 is 19.8 Å². The first-order valence-electron chi connectivity index (χ1n) is 4.84. The van der Waals surface area contributed by atoms with Crippen LogP contribution in [0.2, 0.25) is 0 Å². The van der Waals surface area contributed by atoms with Gasteiger partial charge >= 0.3 is 5.97 Å². The minimum Gasteiger partial charge on any atom is -0.477 e. The molecule has 1 unspecified atom stereocenters. The molecule has 1 saturated heterocycles. The summed E-state index contributed by atoms with van der Waals surface area (Å²) >= 11 is 0. The Labute approximate surface area is 87.0 Å². The lowest BCUT2D eigenvalue weighted by Gasteiger charge is -2.44. The van der Waals surface area contributed by atoms with Crippen LogP contribution in [-0.4, -0.2) is 39.1 Å². The van der Waals surface area contributed by atoms with Crippen LogP contribution in [-0.2, 0) is 9.59 Å². The summed E-state index contributed by atoms with van der Waals surface area (Å²) in [4.78, 5) is 23.5. The maximum Gasteiger partial charge on any atom is 0.352 e. The van der Waals surface area contributed by atoms with Crippen LogP contribution in [0.15, 0.2) is 11.8 Å². The lowest BCUT2D eigenvalue weighted by atomic mass is 9.75.